The van der Waals surface area contributed by atoms with Crippen LogP contribution in [0.2, 0.25) is 0 Å². The van der Waals surface area contributed by atoms with E-state index in [2.05, 4.69) is 15.5 Å². The minimum absolute atomic E-state index is 0.133. The Morgan fingerprint density at radius 1 is 1.00 bits per heavy atom. The molecule has 120 valence electrons. The maximum absolute atomic E-state index is 14.2. The molecule has 0 saturated carbocycles. The summed E-state index contributed by atoms with van der Waals surface area (Å²) in [6.45, 7) is 14.9. The number of aromatic nitrogens is 1. The Morgan fingerprint density at radius 2 is 1.71 bits per heavy atom. The van der Waals surface area contributed by atoms with Gasteiger partial charge in [0.1, 0.15) is 12.9 Å². The fourth-order valence-corrected chi connectivity index (χ4v) is 3.26. The van der Waals surface area contributed by atoms with Crippen LogP contribution in [-0.4, -0.2) is 0 Å². The molecule has 0 aliphatic rings. The standard InChI is InChI=1S/C21H20FN2/c1-12-9-19(14(3)15(4)20(12)22)21-18-8-7-17(23-5)11-16(18)10-13(2)24(21)6/h7-11H,1-4,6H3/q+1. The van der Waals surface area contributed by atoms with Crippen molar-refractivity contribution in [2.75, 3.05) is 0 Å². The number of benzene rings is 2. The van der Waals surface area contributed by atoms with Gasteiger partial charge in [0.2, 0.25) is 5.69 Å². The molecule has 0 saturated heterocycles. The second-order valence-corrected chi connectivity index (χ2v) is 6.38. The lowest BCUT2D eigenvalue weighted by molar-refractivity contribution is -0.665. The third-order valence-electron chi connectivity index (χ3n) is 4.91. The predicted octanol–water partition coefficient (Wildman–Crippen LogP) is 5.25. The van der Waals surface area contributed by atoms with Crippen molar-refractivity contribution in [3.63, 3.8) is 0 Å². The van der Waals surface area contributed by atoms with Crippen LogP contribution >= 0.6 is 0 Å². The van der Waals surface area contributed by atoms with E-state index in [1.165, 1.54) is 0 Å². The van der Waals surface area contributed by atoms with Crippen LogP contribution in [0, 0.1) is 40.1 Å². The summed E-state index contributed by atoms with van der Waals surface area (Å²) in [4.78, 5) is 3.53. The van der Waals surface area contributed by atoms with Gasteiger partial charge in [0.05, 0.1) is 17.5 Å². The van der Waals surface area contributed by atoms with E-state index < -0.39 is 0 Å². The van der Waals surface area contributed by atoms with Gasteiger partial charge in [-0.05, 0) is 55.0 Å². The molecule has 0 radical (unpaired) electrons. The third-order valence-corrected chi connectivity index (χ3v) is 4.91. The van der Waals surface area contributed by atoms with E-state index in [9.17, 15) is 4.39 Å². The highest BCUT2D eigenvalue weighted by Crippen LogP contribution is 2.33. The number of nitrogens with zero attached hydrogens (tertiary/aromatic N) is 2. The number of rotatable bonds is 1. The third kappa shape index (κ3) is 2.35. The SMILES string of the molecule is [C-]#[N+]c1ccc2c(-c3cc(C)c(F)c(C)c3C)[n+](C)c(C)cc2c1. The van der Waals surface area contributed by atoms with Crippen molar-refractivity contribution in [1.82, 2.24) is 0 Å². The smallest absolute Gasteiger partial charge is 0.220 e. The molecule has 0 amide bonds. The van der Waals surface area contributed by atoms with Crippen LogP contribution in [0.3, 0.4) is 0 Å². The Bertz CT molecular complexity index is 1030. The van der Waals surface area contributed by atoms with E-state index in [4.69, 9.17) is 6.57 Å². The molecule has 3 rings (SSSR count). The summed E-state index contributed by atoms with van der Waals surface area (Å²) in [5.41, 5.74) is 6.12. The summed E-state index contributed by atoms with van der Waals surface area (Å²) in [5.74, 6) is -0.133. The van der Waals surface area contributed by atoms with Gasteiger partial charge in [0.25, 0.3) is 0 Å². The van der Waals surface area contributed by atoms with E-state index >= 15 is 0 Å². The zero-order chi connectivity index (χ0) is 17.6. The number of aryl methyl sites for hydroxylation is 2. The van der Waals surface area contributed by atoms with Crippen LogP contribution in [0.5, 0.6) is 0 Å². The molecule has 0 atom stereocenters. The Morgan fingerprint density at radius 3 is 2.38 bits per heavy atom. The van der Waals surface area contributed by atoms with Crippen LogP contribution in [-0.2, 0) is 7.05 Å². The minimum atomic E-state index is -0.133. The Balaban J connectivity index is 2.47. The van der Waals surface area contributed by atoms with Crippen LogP contribution in [0.25, 0.3) is 26.9 Å². The molecule has 0 N–H and O–H groups in total. The second kappa shape index (κ2) is 5.72. The number of halogens is 1. The van der Waals surface area contributed by atoms with Crippen molar-refractivity contribution in [3.8, 4) is 11.3 Å². The molecule has 0 aliphatic carbocycles. The van der Waals surface area contributed by atoms with Crippen LogP contribution < -0.4 is 4.57 Å². The van der Waals surface area contributed by atoms with Gasteiger partial charge < -0.3 is 0 Å². The van der Waals surface area contributed by atoms with Crippen molar-refractivity contribution < 1.29 is 8.96 Å². The van der Waals surface area contributed by atoms with Crippen molar-refractivity contribution in [2.24, 2.45) is 7.05 Å². The molecule has 3 heteroatoms. The van der Waals surface area contributed by atoms with E-state index in [0.29, 0.717) is 16.8 Å². The lowest BCUT2D eigenvalue weighted by atomic mass is 9.93. The fraction of sp³-hybridized carbons (Fsp3) is 0.238. The van der Waals surface area contributed by atoms with E-state index in [1.54, 1.807) is 6.92 Å². The maximum atomic E-state index is 14.2. The molecule has 2 aromatic carbocycles. The van der Waals surface area contributed by atoms with Gasteiger partial charge in [0.15, 0.2) is 11.4 Å². The van der Waals surface area contributed by atoms with Gasteiger partial charge in [-0.2, -0.15) is 4.57 Å². The first-order valence-corrected chi connectivity index (χ1v) is 7.92. The van der Waals surface area contributed by atoms with Crippen molar-refractivity contribution in [2.45, 2.75) is 27.7 Å². The molecular formula is C21H20FN2+. The van der Waals surface area contributed by atoms with Gasteiger partial charge >= 0.3 is 0 Å². The number of hydrogen-bond donors (Lipinski definition) is 0. The van der Waals surface area contributed by atoms with Crippen molar-refractivity contribution >= 4 is 16.5 Å². The first kappa shape index (κ1) is 16.1. The Hall–Kier alpha value is -2.73. The van der Waals surface area contributed by atoms with Crippen molar-refractivity contribution in [1.29, 1.82) is 0 Å². The summed E-state index contributed by atoms with van der Waals surface area (Å²) in [5, 5.41) is 2.11. The quantitative estimate of drug-likeness (QED) is 0.427. The lowest BCUT2D eigenvalue weighted by Crippen LogP contribution is -2.35. The van der Waals surface area contributed by atoms with Gasteiger partial charge in [-0.3, -0.25) is 0 Å². The molecule has 0 spiro atoms. The predicted molar refractivity (Wildman–Crippen MR) is 95.7 cm³/mol. The van der Waals surface area contributed by atoms with Gasteiger partial charge in [-0.25, -0.2) is 9.24 Å². The van der Waals surface area contributed by atoms with Crippen LogP contribution in [0.15, 0.2) is 30.3 Å². The summed E-state index contributed by atoms with van der Waals surface area (Å²) in [6.07, 6.45) is 0. The van der Waals surface area contributed by atoms with Gasteiger partial charge in [-0.1, -0.05) is 12.1 Å². The molecule has 24 heavy (non-hydrogen) atoms. The van der Waals surface area contributed by atoms with Gasteiger partial charge in [0, 0.05) is 13.0 Å². The summed E-state index contributed by atoms with van der Waals surface area (Å²) in [6, 6.07) is 9.76. The molecular weight excluding hydrogens is 299 g/mol. The van der Waals surface area contributed by atoms with Gasteiger partial charge in [-0.15, -0.1) is 0 Å². The first-order chi connectivity index (χ1) is 11.3. The lowest BCUT2D eigenvalue weighted by Gasteiger charge is -2.14. The van der Waals surface area contributed by atoms with E-state index in [1.807, 2.05) is 52.1 Å². The molecule has 1 heterocycles. The first-order valence-electron chi connectivity index (χ1n) is 7.92. The highest BCUT2D eigenvalue weighted by Gasteiger charge is 2.22. The zero-order valence-corrected chi connectivity index (χ0v) is 14.7. The maximum Gasteiger partial charge on any atom is 0.220 e. The average molecular weight is 319 g/mol. The molecule has 0 unspecified atom stereocenters. The second-order valence-electron chi connectivity index (χ2n) is 6.38. The average Bonchev–Trinajstić information content (AvgIpc) is 2.57. The molecule has 1 aromatic heterocycles. The molecule has 0 aliphatic heterocycles. The Kier molecular flexibility index (Phi) is 3.85. The minimum Gasteiger partial charge on any atom is -0.238 e. The summed E-state index contributed by atoms with van der Waals surface area (Å²) >= 11 is 0. The monoisotopic (exact) mass is 319 g/mol. The van der Waals surface area contributed by atoms with E-state index in [0.717, 1.165) is 33.3 Å². The molecule has 3 aromatic rings. The molecule has 0 bridgehead atoms. The van der Waals surface area contributed by atoms with Crippen LogP contribution in [0.4, 0.5) is 10.1 Å². The topological polar surface area (TPSA) is 8.24 Å². The Labute approximate surface area is 142 Å². The zero-order valence-electron chi connectivity index (χ0n) is 14.7. The number of pyridine rings is 1. The largest absolute Gasteiger partial charge is 0.238 e. The summed E-state index contributed by atoms with van der Waals surface area (Å²) in [7, 11) is 2.03. The number of fused-ring (bicyclic) bond motifs is 1. The summed E-state index contributed by atoms with van der Waals surface area (Å²) < 4.78 is 16.4. The molecule has 0 fully saturated rings. The molecule has 2 nitrogen and oxygen atoms in total. The van der Waals surface area contributed by atoms with E-state index in [-0.39, 0.29) is 5.82 Å². The highest BCUT2D eigenvalue weighted by atomic mass is 19.1. The van der Waals surface area contributed by atoms with Crippen molar-refractivity contribution in [3.05, 3.63) is 70.0 Å². The fourth-order valence-electron chi connectivity index (χ4n) is 3.26. The number of hydrogen-bond acceptors (Lipinski definition) is 0. The highest BCUT2D eigenvalue weighted by molar-refractivity contribution is 5.96. The normalized spacial score (nSPS) is 10.9. The van der Waals surface area contributed by atoms with Crippen LogP contribution in [0.1, 0.15) is 22.4 Å².